The van der Waals surface area contributed by atoms with E-state index in [1.54, 1.807) is 0 Å². The maximum Gasteiger partial charge on any atom is 0.306 e. The fraction of sp³-hybridized carbons (Fsp3) is 0.807. The third-order valence-corrected chi connectivity index (χ3v) is 11.8. The van der Waals surface area contributed by atoms with Gasteiger partial charge in [0.25, 0.3) is 0 Å². The van der Waals surface area contributed by atoms with Crippen LogP contribution in [0.2, 0.25) is 0 Å². The van der Waals surface area contributed by atoms with Crippen molar-refractivity contribution in [3.05, 3.63) is 48.6 Å². The van der Waals surface area contributed by atoms with Crippen LogP contribution in [0.15, 0.2) is 48.6 Å². The van der Waals surface area contributed by atoms with E-state index in [4.69, 9.17) is 14.2 Å². The van der Waals surface area contributed by atoms with Gasteiger partial charge in [-0.05, 0) is 77.0 Å². The molecule has 366 valence electrons. The average Bonchev–Trinajstić information content (AvgIpc) is 3.28. The van der Waals surface area contributed by atoms with Crippen LogP contribution in [0.25, 0.3) is 0 Å². The largest absolute Gasteiger partial charge is 0.462 e. The van der Waals surface area contributed by atoms with E-state index in [-0.39, 0.29) is 31.1 Å². The van der Waals surface area contributed by atoms with Crippen molar-refractivity contribution in [1.29, 1.82) is 0 Å². The molecule has 0 aromatic carbocycles. The topological polar surface area (TPSA) is 78.9 Å². The van der Waals surface area contributed by atoms with Crippen LogP contribution in [-0.2, 0) is 28.6 Å². The highest BCUT2D eigenvalue weighted by Gasteiger charge is 2.19. The Hall–Kier alpha value is -2.63. The molecule has 0 heterocycles. The van der Waals surface area contributed by atoms with Gasteiger partial charge in [-0.1, -0.05) is 230 Å². The Kier molecular flexibility index (Phi) is 49.8. The lowest BCUT2D eigenvalue weighted by atomic mass is 10.1. The lowest BCUT2D eigenvalue weighted by Gasteiger charge is -2.18. The standard InChI is InChI=1S/C57H102O6/c1-4-7-10-13-16-19-22-23-24-25-26-27-28-29-30-31-32-33-34-35-36-39-41-44-47-50-56(59)62-53-54(63-57(60)51-48-45-42-38-21-18-15-12-9-6-3)52-61-55(58)49-46-43-40-37-20-17-14-11-8-5-2/h12,15,22-23,25-26,28-29,54H,4-11,13-14,16-21,24,27,30-53H2,1-3H3/b15-12-,23-22-,26-25-,29-28-. The van der Waals surface area contributed by atoms with E-state index in [1.807, 2.05) is 0 Å². The van der Waals surface area contributed by atoms with Gasteiger partial charge in [0.1, 0.15) is 13.2 Å². The first-order chi connectivity index (χ1) is 31.0. The van der Waals surface area contributed by atoms with Gasteiger partial charge in [0, 0.05) is 19.3 Å². The van der Waals surface area contributed by atoms with Crippen molar-refractivity contribution in [2.45, 2.75) is 284 Å². The Morgan fingerprint density at radius 1 is 0.317 bits per heavy atom. The number of allylic oxidation sites excluding steroid dienone is 8. The highest BCUT2D eigenvalue weighted by molar-refractivity contribution is 5.71. The minimum Gasteiger partial charge on any atom is -0.462 e. The Morgan fingerprint density at radius 3 is 0.968 bits per heavy atom. The molecule has 6 nitrogen and oxygen atoms in total. The minimum absolute atomic E-state index is 0.0755. The Labute approximate surface area is 390 Å². The monoisotopic (exact) mass is 883 g/mol. The highest BCUT2D eigenvalue weighted by Crippen LogP contribution is 2.15. The SMILES string of the molecule is CCC/C=C\CCCCCCCC(=O)OC(COC(=O)CCCCCCCCCCCC)COC(=O)CCCCCCCCCCCC/C=C\C/C=C\C/C=C\CCCCCCC. The quantitative estimate of drug-likeness (QED) is 0.0262. The molecule has 0 N–H and O–H groups in total. The Balaban J connectivity index is 4.17. The summed E-state index contributed by atoms with van der Waals surface area (Å²) < 4.78 is 16.8. The van der Waals surface area contributed by atoms with E-state index in [0.717, 1.165) is 89.9 Å². The number of unbranched alkanes of at least 4 members (excludes halogenated alkanes) is 30. The summed E-state index contributed by atoms with van der Waals surface area (Å²) >= 11 is 0. The fourth-order valence-electron chi connectivity index (χ4n) is 7.69. The van der Waals surface area contributed by atoms with Gasteiger partial charge in [-0.25, -0.2) is 0 Å². The van der Waals surface area contributed by atoms with Crippen LogP contribution in [0.1, 0.15) is 278 Å². The van der Waals surface area contributed by atoms with Crippen LogP contribution in [0.5, 0.6) is 0 Å². The predicted octanol–water partition coefficient (Wildman–Crippen LogP) is 17.9. The first-order valence-electron chi connectivity index (χ1n) is 27.1. The smallest absolute Gasteiger partial charge is 0.306 e. The van der Waals surface area contributed by atoms with E-state index < -0.39 is 6.10 Å². The summed E-state index contributed by atoms with van der Waals surface area (Å²) in [6.45, 7) is 6.55. The Morgan fingerprint density at radius 2 is 0.603 bits per heavy atom. The highest BCUT2D eigenvalue weighted by atomic mass is 16.6. The lowest BCUT2D eigenvalue weighted by Crippen LogP contribution is -2.30. The third kappa shape index (κ3) is 50.2. The second-order valence-corrected chi connectivity index (χ2v) is 18.1. The maximum absolute atomic E-state index is 12.7. The van der Waals surface area contributed by atoms with Gasteiger partial charge < -0.3 is 14.2 Å². The minimum atomic E-state index is -0.774. The van der Waals surface area contributed by atoms with E-state index in [9.17, 15) is 14.4 Å². The zero-order valence-electron chi connectivity index (χ0n) is 41.8. The summed E-state index contributed by atoms with van der Waals surface area (Å²) in [4.78, 5) is 37.9. The van der Waals surface area contributed by atoms with Crippen molar-refractivity contribution in [2.75, 3.05) is 13.2 Å². The summed E-state index contributed by atoms with van der Waals surface area (Å²) in [7, 11) is 0. The zero-order valence-corrected chi connectivity index (χ0v) is 41.8. The van der Waals surface area contributed by atoms with Crippen molar-refractivity contribution in [1.82, 2.24) is 0 Å². The van der Waals surface area contributed by atoms with E-state index in [0.29, 0.717) is 19.3 Å². The van der Waals surface area contributed by atoms with Gasteiger partial charge in [-0.3, -0.25) is 14.4 Å². The van der Waals surface area contributed by atoms with Crippen molar-refractivity contribution in [3.63, 3.8) is 0 Å². The van der Waals surface area contributed by atoms with E-state index >= 15 is 0 Å². The van der Waals surface area contributed by atoms with Gasteiger partial charge in [0.2, 0.25) is 0 Å². The number of ether oxygens (including phenoxy) is 3. The molecule has 6 heteroatoms. The number of rotatable bonds is 49. The molecule has 0 rings (SSSR count). The van der Waals surface area contributed by atoms with Gasteiger partial charge in [0.05, 0.1) is 0 Å². The summed E-state index contributed by atoms with van der Waals surface area (Å²) in [5, 5.41) is 0. The first kappa shape index (κ1) is 60.4. The molecule has 0 spiro atoms. The molecule has 0 aliphatic carbocycles. The van der Waals surface area contributed by atoms with Crippen molar-refractivity contribution >= 4 is 17.9 Å². The van der Waals surface area contributed by atoms with Crippen LogP contribution in [0, 0.1) is 0 Å². The average molecular weight is 883 g/mol. The first-order valence-corrected chi connectivity index (χ1v) is 27.1. The molecule has 0 radical (unpaired) electrons. The molecular formula is C57H102O6. The van der Waals surface area contributed by atoms with Gasteiger partial charge in [0.15, 0.2) is 6.10 Å². The second kappa shape index (κ2) is 52.0. The van der Waals surface area contributed by atoms with Gasteiger partial charge in [-0.15, -0.1) is 0 Å². The maximum atomic E-state index is 12.7. The molecule has 0 amide bonds. The number of hydrogen-bond acceptors (Lipinski definition) is 6. The summed E-state index contributed by atoms with van der Waals surface area (Å²) in [5.41, 5.74) is 0. The zero-order chi connectivity index (χ0) is 45.8. The molecular weight excluding hydrogens is 781 g/mol. The number of carbonyl (C=O) groups excluding carboxylic acids is 3. The molecule has 1 atom stereocenters. The van der Waals surface area contributed by atoms with Crippen LogP contribution in [-0.4, -0.2) is 37.2 Å². The number of carbonyl (C=O) groups is 3. The van der Waals surface area contributed by atoms with Crippen molar-refractivity contribution in [2.24, 2.45) is 0 Å². The van der Waals surface area contributed by atoms with Crippen LogP contribution >= 0.6 is 0 Å². The molecule has 0 saturated carbocycles. The summed E-state index contributed by atoms with van der Waals surface area (Å²) in [6, 6.07) is 0. The molecule has 1 unspecified atom stereocenters. The Bertz CT molecular complexity index is 1110. The molecule has 0 aliphatic rings. The molecule has 0 fully saturated rings. The number of esters is 3. The molecule has 0 aliphatic heterocycles. The second-order valence-electron chi connectivity index (χ2n) is 18.1. The predicted molar refractivity (Wildman–Crippen MR) is 270 cm³/mol. The van der Waals surface area contributed by atoms with Crippen LogP contribution < -0.4 is 0 Å². The summed E-state index contributed by atoms with van der Waals surface area (Å²) in [5.74, 6) is -0.885. The molecule has 0 aromatic rings. The van der Waals surface area contributed by atoms with Gasteiger partial charge in [-0.2, -0.15) is 0 Å². The van der Waals surface area contributed by atoms with Gasteiger partial charge >= 0.3 is 17.9 Å². The molecule has 0 saturated heterocycles. The normalized spacial score (nSPS) is 12.4. The molecule has 63 heavy (non-hydrogen) atoms. The van der Waals surface area contributed by atoms with Crippen LogP contribution in [0.3, 0.4) is 0 Å². The van der Waals surface area contributed by atoms with Crippen molar-refractivity contribution in [3.8, 4) is 0 Å². The van der Waals surface area contributed by atoms with E-state index in [2.05, 4.69) is 69.4 Å². The summed E-state index contributed by atoms with van der Waals surface area (Å²) in [6.07, 6.45) is 62.6. The molecule has 0 bridgehead atoms. The third-order valence-electron chi connectivity index (χ3n) is 11.8. The lowest BCUT2D eigenvalue weighted by molar-refractivity contribution is -0.167. The molecule has 0 aromatic heterocycles. The van der Waals surface area contributed by atoms with Crippen LogP contribution in [0.4, 0.5) is 0 Å². The van der Waals surface area contributed by atoms with Crippen molar-refractivity contribution < 1.29 is 28.6 Å². The number of hydrogen-bond donors (Lipinski definition) is 0. The fourth-order valence-corrected chi connectivity index (χ4v) is 7.69. The van der Waals surface area contributed by atoms with E-state index in [1.165, 1.54) is 148 Å².